The molecule has 1 aromatic rings. The number of alkyl halides is 1. The van der Waals surface area contributed by atoms with E-state index in [1.165, 1.54) is 19.3 Å². The Morgan fingerprint density at radius 3 is 2.67 bits per heavy atom. The first kappa shape index (κ1) is 10.7. The van der Waals surface area contributed by atoms with Crippen LogP contribution in [0.25, 0.3) is 0 Å². The van der Waals surface area contributed by atoms with Crippen molar-refractivity contribution in [3.05, 3.63) is 5.89 Å². The van der Waals surface area contributed by atoms with Crippen LogP contribution in [0.3, 0.4) is 0 Å². The summed E-state index contributed by atoms with van der Waals surface area (Å²) in [5, 5.41) is 11.0. The van der Waals surface area contributed by atoms with Gasteiger partial charge in [-0.15, -0.1) is 16.7 Å². The first-order valence-electron chi connectivity index (χ1n) is 5.38. The number of nitrogens with zero attached hydrogens (tertiary/aromatic N) is 2. The molecule has 2 rings (SSSR count). The largest absolute Gasteiger partial charge is 0.407 e. The zero-order chi connectivity index (χ0) is 10.7. The van der Waals surface area contributed by atoms with Crippen molar-refractivity contribution in [2.24, 2.45) is 0 Å². The molecule has 5 heteroatoms. The minimum Gasteiger partial charge on any atom is -0.407 e. The van der Waals surface area contributed by atoms with Crippen LogP contribution in [0.5, 0.6) is 0 Å². The van der Waals surface area contributed by atoms with Crippen LogP contribution in [0, 0.1) is 0 Å². The second-order valence-electron chi connectivity index (χ2n) is 4.38. The van der Waals surface area contributed by atoms with Crippen molar-refractivity contribution in [2.75, 3.05) is 5.32 Å². The minimum absolute atomic E-state index is 0.106. The van der Waals surface area contributed by atoms with E-state index in [1.54, 1.807) is 0 Å². The van der Waals surface area contributed by atoms with Crippen LogP contribution in [-0.4, -0.2) is 15.7 Å². The zero-order valence-electron chi connectivity index (χ0n) is 8.92. The summed E-state index contributed by atoms with van der Waals surface area (Å²) < 4.78 is 5.34. The van der Waals surface area contributed by atoms with Gasteiger partial charge in [0.2, 0.25) is 5.89 Å². The Bertz CT molecular complexity index is 320. The standard InChI is InChI=1S/C10H16ClN3O/c1-10(5-3-2-4-6-10)12-9-14-13-8(7-11)15-9/h2-7H2,1H3,(H,12,14). The molecule has 4 nitrogen and oxygen atoms in total. The highest BCUT2D eigenvalue weighted by Crippen LogP contribution is 2.30. The van der Waals surface area contributed by atoms with Gasteiger partial charge >= 0.3 is 6.01 Å². The summed E-state index contributed by atoms with van der Waals surface area (Å²) >= 11 is 5.59. The first-order valence-corrected chi connectivity index (χ1v) is 5.92. The van der Waals surface area contributed by atoms with Crippen molar-refractivity contribution >= 4 is 17.6 Å². The van der Waals surface area contributed by atoms with E-state index >= 15 is 0 Å². The Balaban J connectivity index is 2.00. The lowest BCUT2D eigenvalue weighted by atomic mass is 9.83. The van der Waals surface area contributed by atoms with Crippen LogP contribution in [0.15, 0.2) is 4.42 Å². The molecule has 0 amide bonds. The maximum Gasteiger partial charge on any atom is 0.315 e. The SMILES string of the molecule is CC1(Nc2nnc(CCl)o2)CCCCC1. The molecule has 0 saturated heterocycles. The van der Waals surface area contributed by atoms with E-state index in [0.29, 0.717) is 11.9 Å². The Hall–Kier alpha value is -0.770. The molecular weight excluding hydrogens is 214 g/mol. The van der Waals surface area contributed by atoms with Gasteiger partial charge in [0.05, 0.1) is 0 Å². The molecule has 0 spiro atoms. The Morgan fingerprint density at radius 1 is 1.33 bits per heavy atom. The van der Waals surface area contributed by atoms with Gasteiger partial charge in [-0.3, -0.25) is 0 Å². The lowest BCUT2D eigenvalue weighted by Gasteiger charge is -2.33. The fourth-order valence-corrected chi connectivity index (χ4v) is 2.18. The van der Waals surface area contributed by atoms with Crippen molar-refractivity contribution in [3.63, 3.8) is 0 Å². The highest BCUT2D eigenvalue weighted by molar-refractivity contribution is 6.16. The molecule has 15 heavy (non-hydrogen) atoms. The van der Waals surface area contributed by atoms with Gasteiger partial charge in [-0.25, -0.2) is 0 Å². The van der Waals surface area contributed by atoms with Gasteiger partial charge in [0.1, 0.15) is 5.88 Å². The van der Waals surface area contributed by atoms with Crippen molar-refractivity contribution in [1.29, 1.82) is 0 Å². The summed E-state index contributed by atoms with van der Waals surface area (Å²) in [5.74, 6) is 0.740. The number of hydrogen-bond donors (Lipinski definition) is 1. The lowest BCUT2D eigenvalue weighted by molar-refractivity contribution is 0.339. The van der Waals surface area contributed by atoms with Gasteiger partial charge < -0.3 is 9.73 Å². The summed E-state index contributed by atoms with van der Waals surface area (Å²) in [6.45, 7) is 2.21. The molecule has 1 fully saturated rings. The third-order valence-electron chi connectivity index (χ3n) is 2.95. The molecule has 1 N–H and O–H groups in total. The second kappa shape index (κ2) is 4.39. The maximum atomic E-state index is 5.59. The third-order valence-corrected chi connectivity index (χ3v) is 3.18. The molecule has 0 aliphatic heterocycles. The Kier molecular flexibility index (Phi) is 3.14. The molecule has 0 radical (unpaired) electrons. The predicted molar refractivity (Wildman–Crippen MR) is 59.0 cm³/mol. The van der Waals surface area contributed by atoms with Crippen LogP contribution in [0.4, 0.5) is 6.01 Å². The van der Waals surface area contributed by atoms with E-state index in [-0.39, 0.29) is 11.4 Å². The highest BCUT2D eigenvalue weighted by atomic mass is 35.5. The summed E-state index contributed by atoms with van der Waals surface area (Å²) in [6, 6.07) is 0.495. The van der Waals surface area contributed by atoms with Crippen LogP contribution < -0.4 is 5.32 Å². The van der Waals surface area contributed by atoms with Crippen LogP contribution in [0.1, 0.15) is 44.9 Å². The van der Waals surface area contributed by atoms with Crippen LogP contribution in [-0.2, 0) is 5.88 Å². The van der Waals surface area contributed by atoms with Gasteiger partial charge in [0.25, 0.3) is 0 Å². The van der Waals surface area contributed by atoms with E-state index in [2.05, 4.69) is 22.4 Å². The monoisotopic (exact) mass is 229 g/mol. The molecule has 1 saturated carbocycles. The number of hydrogen-bond acceptors (Lipinski definition) is 4. The third kappa shape index (κ3) is 2.62. The van der Waals surface area contributed by atoms with Crippen molar-refractivity contribution in [2.45, 2.75) is 50.4 Å². The smallest absolute Gasteiger partial charge is 0.315 e. The van der Waals surface area contributed by atoms with Crippen molar-refractivity contribution < 1.29 is 4.42 Å². The quantitative estimate of drug-likeness (QED) is 0.810. The normalized spacial score (nSPS) is 20.1. The zero-order valence-corrected chi connectivity index (χ0v) is 9.68. The molecule has 0 atom stereocenters. The number of rotatable bonds is 3. The van der Waals surface area contributed by atoms with E-state index in [9.17, 15) is 0 Å². The maximum absolute atomic E-state index is 5.59. The first-order chi connectivity index (χ1) is 7.22. The van der Waals surface area contributed by atoms with Gasteiger partial charge in [0.15, 0.2) is 0 Å². The Labute approximate surface area is 94.4 Å². The van der Waals surface area contributed by atoms with Gasteiger partial charge in [-0.2, -0.15) is 0 Å². The van der Waals surface area contributed by atoms with Crippen molar-refractivity contribution in [1.82, 2.24) is 10.2 Å². The van der Waals surface area contributed by atoms with E-state index in [0.717, 1.165) is 12.8 Å². The summed E-state index contributed by atoms with van der Waals surface area (Å²) in [5.41, 5.74) is 0.106. The molecule has 84 valence electrons. The molecule has 1 heterocycles. The minimum atomic E-state index is 0.106. The summed E-state index contributed by atoms with van der Waals surface area (Å²) in [7, 11) is 0. The fraction of sp³-hybridized carbons (Fsp3) is 0.800. The lowest BCUT2D eigenvalue weighted by Crippen LogP contribution is -2.36. The van der Waals surface area contributed by atoms with Crippen LogP contribution >= 0.6 is 11.6 Å². The molecule has 1 aliphatic carbocycles. The molecule has 0 aromatic carbocycles. The Morgan fingerprint density at radius 2 is 2.07 bits per heavy atom. The topological polar surface area (TPSA) is 51.0 Å². The molecule has 0 unspecified atom stereocenters. The van der Waals surface area contributed by atoms with E-state index in [4.69, 9.17) is 16.0 Å². The number of halogens is 1. The van der Waals surface area contributed by atoms with Gasteiger partial charge in [-0.1, -0.05) is 24.4 Å². The van der Waals surface area contributed by atoms with E-state index < -0.39 is 0 Å². The number of nitrogens with one attached hydrogen (secondary N) is 1. The second-order valence-corrected chi connectivity index (χ2v) is 4.65. The van der Waals surface area contributed by atoms with Crippen LogP contribution in [0.2, 0.25) is 0 Å². The van der Waals surface area contributed by atoms with E-state index in [1.807, 2.05) is 0 Å². The molecule has 1 aliphatic rings. The average Bonchev–Trinajstić information content (AvgIpc) is 2.66. The average molecular weight is 230 g/mol. The number of aromatic nitrogens is 2. The predicted octanol–water partition coefficient (Wildman–Crippen LogP) is 2.94. The summed E-state index contributed by atoms with van der Waals surface area (Å²) in [6.07, 6.45) is 6.17. The van der Waals surface area contributed by atoms with Gasteiger partial charge in [0, 0.05) is 5.54 Å². The number of anilines is 1. The molecule has 0 bridgehead atoms. The molecule has 1 aromatic heterocycles. The van der Waals surface area contributed by atoms with Crippen molar-refractivity contribution in [3.8, 4) is 0 Å². The van der Waals surface area contributed by atoms with Gasteiger partial charge in [-0.05, 0) is 19.8 Å². The highest BCUT2D eigenvalue weighted by Gasteiger charge is 2.28. The molecular formula is C10H16ClN3O. The fourth-order valence-electron chi connectivity index (χ4n) is 2.07. The summed E-state index contributed by atoms with van der Waals surface area (Å²) in [4.78, 5) is 0.